The molecule has 0 saturated carbocycles. The summed E-state index contributed by atoms with van der Waals surface area (Å²) >= 11 is 4.96. The molecule has 0 aromatic carbocycles. The van der Waals surface area contributed by atoms with E-state index in [1.807, 2.05) is 24.4 Å². The lowest BCUT2D eigenvalue weighted by molar-refractivity contribution is 0.381. The van der Waals surface area contributed by atoms with E-state index in [4.69, 9.17) is 4.52 Å². The average molecular weight is 389 g/mol. The summed E-state index contributed by atoms with van der Waals surface area (Å²) in [6.07, 6.45) is 0. The maximum atomic E-state index is 5.48. The van der Waals surface area contributed by atoms with Crippen LogP contribution in [0.25, 0.3) is 20.9 Å². The van der Waals surface area contributed by atoms with Crippen LogP contribution in [0.4, 0.5) is 0 Å². The summed E-state index contributed by atoms with van der Waals surface area (Å²) in [7, 11) is 0. The van der Waals surface area contributed by atoms with E-state index in [2.05, 4.69) is 40.9 Å². The molecule has 8 heteroatoms. The van der Waals surface area contributed by atoms with Crippen LogP contribution in [-0.4, -0.2) is 20.1 Å². The Kier molecular flexibility index (Phi) is 4.35. The minimum absolute atomic E-state index is 0.0123. The lowest BCUT2D eigenvalue weighted by Crippen LogP contribution is -1.95. The second-order valence-electron chi connectivity index (χ2n) is 5.73. The molecule has 128 valence electrons. The van der Waals surface area contributed by atoms with Gasteiger partial charge in [0, 0.05) is 10.3 Å². The molecule has 4 heterocycles. The van der Waals surface area contributed by atoms with E-state index >= 15 is 0 Å². The summed E-state index contributed by atoms with van der Waals surface area (Å²) in [6.45, 7) is 8.25. The van der Waals surface area contributed by atoms with Crippen molar-refractivity contribution in [3.63, 3.8) is 0 Å². The highest BCUT2D eigenvalue weighted by atomic mass is 32.2. The van der Waals surface area contributed by atoms with Crippen molar-refractivity contribution in [2.45, 2.75) is 38.0 Å². The van der Waals surface area contributed by atoms with Gasteiger partial charge >= 0.3 is 0 Å². The highest BCUT2D eigenvalue weighted by molar-refractivity contribution is 7.99. The zero-order valence-electron chi connectivity index (χ0n) is 14.2. The molecular weight excluding hydrogens is 372 g/mol. The van der Waals surface area contributed by atoms with Crippen LogP contribution in [0.1, 0.15) is 34.3 Å². The van der Waals surface area contributed by atoms with Gasteiger partial charge in [0.15, 0.2) is 0 Å². The van der Waals surface area contributed by atoms with Gasteiger partial charge in [0.1, 0.15) is 15.7 Å². The fourth-order valence-corrected chi connectivity index (χ4v) is 5.40. The Morgan fingerprint density at radius 2 is 2.00 bits per heavy atom. The second-order valence-corrected chi connectivity index (χ2v) is 9.21. The quantitative estimate of drug-likeness (QED) is 0.336. The van der Waals surface area contributed by atoms with E-state index in [0.29, 0.717) is 11.7 Å². The normalized spacial score (nSPS) is 12.8. The molecule has 0 unspecified atom stereocenters. The molecule has 0 aliphatic carbocycles. The molecule has 0 amide bonds. The molecule has 4 aromatic heterocycles. The van der Waals surface area contributed by atoms with Gasteiger partial charge in [-0.05, 0) is 44.7 Å². The van der Waals surface area contributed by atoms with Crippen LogP contribution in [0, 0.1) is 20.8 Å². The third kappa shape index (κ3) is 3.09. The summed E-state index contributed by atoms with van der Waals surface area (Å²) < 4.78 is 5.48. The van der Waals surface area contributed by atoms with Crippen molar-refractivity contribution in [1.82, 2.24) is 20.1 Å². The summed E-state index contributed by atoms with van der Waals surface area (Å²) in [5.74, 6) is 2.04. The Hall–Kier alpha value is -1.77. The number of aromatic nitrogens is 4. The molecule has 0 aliphatic rings. The van der Waals surface area contributed by atoms with Crippen molar-refractivity contribution in [3.8, 4) is 10.7 Å². The van der Waals surface area contributed by atoms with E-state index < -0.39 is 0 Å². The summed E-state index contributed by atoms with van der Waals surface area (Å²) in [6, 6.07) is 3.97. The number of thioether (sulfide) groups is 1. The van der Waals surface area contributed by atoms with Crippen LogP contribution in [-0.2, 0) is 0 Å². The summed E-state index contributed by atoms with van der Waals surface area (Å²) in [4.78, 5) is 17.1. The number of hydrogen-bond donors (Lipinski definition) is 0. The average Bonchev–Trinajstić information content (AvgIpc) is 3.28. The van der Waals surface area contributed by atoms with E-state index in [0.717, 1.165) is 25.9 Å². The SMILES string of the molecule is Cc1nc(S[C@@H](C)c2nc(-c3cccs3)no2)c2c(C)c(C)sc2n1. The lowest BCUT2D eigenvalue weighted by Gasteiger charge is -2.08. The van der Waals surface area contributed by atoms with Crippen LogP contribution < -0.4 is 0 Å². The first kappa shape index (κ1) is 16.7. The molecule has 25 heavy (non-hydrogen) atoms. The van der Waals surface area contributed by atoms with Crippen molar-refractivity contribution in [1.29, 1.82) is 0 Å². The van der Waals surface area contributed by atoms with E-state index in [1.165, 1.54) is 10.4 Å². The van der Waals surface area contributed by atoms with Crippen molar-refractivity contribution >= 4 is 44.7 Å². The third-order valence-electron chi connectivity index (χ3n) is 3.93. The first-order valence-corrected chi connectivity index (χ1v) is 10.4. The largest absolute Gasteiger partial charge is 0.338 e. The topological polar surface area (TPSA) is 64.7 Å². The summed E-state index contributed by atoms with van der Waals surface area (Å²) in [5, 5.41) is 8.24. The first-order chi connectivity index (χ1) is 12.0. The van der Waals surface area contributed by atoms with Gasteiger partial charge in [-0.3, -0.25) is 0 Å². The molecule has 0 bridgehead atoms. The van der Waals surface area contributed by atoms with Gasteiger partial charge in [0.05, 0.1) is 10.1 Å². The van der Waals surface area contributed by atoms with Gasteiger partial charge in [-0.25, -0.2) is 9.97 Å². The predicted molar refractivity (Wildman–Crippen MR) is 104 cm³/mol. The monoisotopic (exact) mass is 388 g/mol. The minimum atomic E-state index is 0.0123. The zero-order chi connectivity index (χ0) is 17.6. The second kappa shape index (κ2) is 6.51. The number of aryl methyl sites for hydroxylation is 3. The number of fused-ring (bicyclic) bond motifs is 1. The number of nitrogens with zero attached hydrogens (tertiary/aromatic N) is 4. The third-order valence-corrected chi connectivity index (χ3v) is 6.97. The minimum Gasteiger partial charge on any atom is -0.338 e. The van der Waals surface area contributed by atoms with Gasteiger partial charge in [0.25, 0.3) is 0 Å². The molecule has 0 aliphatic heterocycles. The Morgan fingerprint density at radius 3 is 2.76 bits per heavy atom. The fourth-order valence-electron chi connectivity index (χ4n) is 2.52. The number of hydrogen-bond acceptors (Lipinski definition) is 8. The van der Waals surface area contributed by atoms with Crippen LogP contribution in [0.15, 0.2) is 27.1 Å². The lowest BCUT2D eigenvalue weighted by atomic mass is 10.2. The molecule has 0 radical (unpaired) electrons. The van der Waals surface area contributed by atoms with E-state index in [-0.39, 0.29) is 5.25 Å². The van der Waals surface area contributed by atoms with Crippen LogP contribution in [0.2, 0.25) is 0 Å². The maximum absolute atomic E-state index is 5.48. The molecule has 4 rings (SSSR count). The summed E-state index contributed by atoms with van der Waals surface area (Å²) in [5.41, 5.74) is 1.25. The van der Waals surface area contributed by atoms with E-state index in [9.17, 15) is 0 Å². The zero-order valence-corrected chi connectivity index (χ0v) is 16.7. The number of rotatable bonds is 4. The Balaban J connectivity index is 1.67. The van der Waals surface area contributed by atoms with Crippen LogP contribution >= 0.6 is 34.4 Å². The van der Waals surface area contributed by atoms with Crippen molar-refractivity contribution in [2.75, 3.05) is 0 Å². The first-order valence-electron chi connectivity index (χ1n) is 7.81. The van der Waals surface area contributed by atoms with Gasteiger partial charge in [-0.1, -0.05) is 23.0 Å². The van der Waals surface area contributed by atoms with Gasteiger partial charge in [0.2, 0.25) is 11.7 Å². The molecule has 0 N–H and O–H groups in total. The van der Waals surface area contributed by atoms with Gasteiger partial charge in [-0.15, -0.1) is 22.7 Å². The number of thiophene rings is 2. The van der Waals surface area contributed by atoms with Crippen LogP contribution in [0.5, 0.6) is 0 Å². The Bertz CT molecular complexity index is 1040. The predicted octanol–water partition coefficient (Wildman–Crippen LogP) is 5.58. The standard InChI is InChI=1S/C17H16N4OS3/c1-8-9(2)24-16-13(8)17(19-11(4)18-16)25-10(3)15-20-14(21-22-15)12-6-5-7-23-12/h5-7,10H,1-4H3/t10-/m0/s1. The Labute approximate surface area is 157 Å². The highest BCUT2D eigenvalue weighted by Gasteiger charge is 2.21. The molecule has 0 saturated heterocycles. The maximum Gasteiger partial charge on any atom is 0.240 e. The van der Waals surface area contributed by atoms with Crippen molar-refractivity contribution in [3.05, 3.63) is 39.7 Å². The molecule has 0 spiro atoms. The molecule has 0 fully saturated rings. The fraction of sp³-hybridized carbons (Fsp3) is 0.294. The smallest absolute Gasteiger partial charge is 0.240 e. The molecule has 5 nitrogen and oxygen atoms in total. The Morgan fingerprint density at radius 1 is 1.16 bits per heavy atom. The van der Waals surface area contributed by atoms with Gasteiger partial charge < -0.3 is 4.52 Å². The van der Waals surface area contributed by atoms with Crippen molar-refractivity contribution in [2.24, 2.45) is 0 Å². The molecule has 1 atom stereocenters. The van der Waals surface area contributed by atoms with Crippen molar-refractivity contribution < 1.29 is 4.52 Å². The van der Waals surface area contributed by atoms with Gasteiger partial charge in [-0.2, -0.15) is 4.98 Å². The highest BCUT2D eigenvalue weighted by Crippen LogP contribution is 2.41. The molecular formula is C17H16N4OS3. The molecule has 4 aromatic rings. The van der Waals surface area contributed by atoms with Crippen LogP contribution in [0.3, 0.4) is 0 Å². The van der Waals surface area contributed by atoms with E-state index in [1.54, 1.807) is 34.4 Å².